The molecular weight excluding hydrogens is 440 g/mol. The molecule has 0 saturated heterocycles. The highest BCUT2D eigenvalue weighted by Gasteiger charge is 2.50. The van der Waals surface area contributed by atoms with Gasteiger partial charge in [0.25, 0.3) is 0 Å². The van der Waals surface area contributed by atoms with E-state index in [1.54, 1.807) is 33.8 Å². The summed E-state index contributed by atoms with van der Waals surface area (Å²) in [5.41, 5.74) is 1.64. The molecule has 0 aromatic carbocycles. The van der Waals surface area contributed by atoms with Crippen LogP contribution in [0, 0.1) is 28.6 Å². The predicted octanol–water partition coefficient (Wildman–Crippen LogP) is 5.70. The number of allylic oxidation sites excluding steroid dienone is 5. The first-order valence-electron chi connectivity index (χ1n) is 13.5. The standard InChI is InChI=1S/C30H46O5/c1-19(2)35-28(34)29(4,5)27(33)14-9-20(3)25-12-13-26-22(8-7-15-30(25,26)6)11-10-21-16-23(31)18-24(32)17-21/h9-11,14,19-20,23-26,31-32H,7-8,12-13,15-18H2,1-6H3/b14-9+,22-11+/t20-,23-,24-,25-,26+,30-/m1/s1. The third-order valence-corrected chi connectivity index (χ3v) is 8.77. The van der Waals surface area contributed by atoms with E-state index in [0.717, 1.165) is 31.3 Å². The van der Waals surface area contributed by atoms with E-state index in [1.165, 1.54) is 12.0 Å². The molecule has 0 bridgehead atoms. The predicted molar refractivity (Wildman–Crippen MR) is 139 cm³/mol. The second kappa shape index (κ2) is 11.1. The Balaban J connectivity index is 1.70. The van der Waals surface area contributed by atoms with Gasteiger partial charge in [-0.1, -0.05) is 43.2 Å². The van der Waals surface area contributed by atoms with E-state index < -0.39 is 23.6 Å². The number of aliphatic hydroxyl groups excluding tert-OH is 2. The van der Waals surface area contributed by atoms with Crippen molar-refractivity contribution in [3.8, 4) is 0 Å². The molecule has 0 heterocycles. The summed E-state index contributed by atoms with van der Waals surface area (Å²) in [7, 11) is 0. The smallest absolute Gasteiger partial charge is 0.319 e. The van der Waals surface area contributed by atoms with Gasteiger partial charge in [0.1, 0.15) is 5.41 Å². The minimum absolute atomic E-state index is 0.188. The quantitative estimate of drug-likeness (QED) is 0.274. The van der Waals surface area contributed by atoms with Crippen LogP contribution in [-0.4, -0.2) is 40.3 Å². The molecule has 0 radical (unpaired) electrons. The molecule has 35 heavy (non-hydrogen) atoms. The molecule has 3 aliphatic carbocycles. The van der Waals surface area contributed by atoms with E-state index in [4.69, 9.17) is 4.74 Å². The molecule has 5 nitrogen and oxygen atoms in total. The molecule has 0 aliphatic heterocycles. The largest absolute Gasteiger partial charge is 0.462 e. The number of aliphatic hydroxyl groups is 2. The molecule has 3 fully saturated rings. The van der Waals surface area contributed by atoms with E-state index in [2.05, 4.69) is 26.0 Å². The lowest BCUT2D eigenvalue weighted by Gasteiger charge is -2.44. The Morgan fingerprint density at radius 2 is 1.74 bits per heavy atom. The Morgan fingerprint density at radius 1 is 1.09 bits per heavy atom. The molecular formula is C30H46O5. The zero-order chi connectivity index (χ0) is 26.0. The average Bonchev–Trinajstić information content (AvgIpc) is 3.12. The van der Waals surface area contributed by atoms with Crippen LogP contribution in [0.1, 0.15) is 92.9 Å². The van der Waals surface area contributed by atoms with Crippen molar-refractivity contribution in [3.05, 3.63) is 35.5 Å². The number of ketones is 1. The Morgan fingerprint density at radius 3 is 2.37 bits per heavy atom. The van der Waals surface area contributed by atoms with Gasteiger partial charge >= 0.3 is 5.97 Å². The Kier molecular flexibility index (Phi) is 8.86. The highest BCUT2D eigenvalue weighted by atomic mass is 16.5. The van der Waals surface area contributed by atoms with Crippen molar-refractivity contribution in [3.63, 3.8) is 0 Å². The lowest BCUT2D eigenvalue weighted by molar-refractivity contribution is -0.160. The maximum Gasteiger partial charge on any atom is 0.319 e. The topological polar surface area (TPSA) is 83.8 Å². The Labute approximate surface area is 211 Å². The van der Waals surface area contributed by atoms with Gasteiger partial charge in [0.15, 0.2) is 5.78 Å². The fourth-order valence-corrected chi connectivity index (χ4v) is 6.72. The van der Waals surface area contributed by atoms with E-state index in [9.17, 15) is 19.8 Å². The van der Waals surface area contributed by atoms with Crippen molar-refractivity contribution >= 4 is 11.8 Å². The van der Waals surface area contributed by atoms with Crippen molar-refractivity contribution in [1.29, 1.82) is 0 Å². The van der Waals surface area contributed by atoms with Crippen molar-refractivity contribution in [2.75, 3.05) is 0 Å². The van der Waals surface area contributed by atoms with Gasteiger partial charge in [0, 0.05) is 0 Å². The second-order valence-corrected chi connectivity index (χ2v) is 12.3. The number of fused-ring (bicyclic) bond motifs is 1. The number of esters is 1. The fraction of sp³-hybridized carbons (Fsp3) is 0.733. The maximum atomic E-state index is 12.9. The summed E-state index contributed by atoms with van der Waals surface area (Å²) in [5.74, 6) is 0.573. The van der Waals surface area contributed by atoms with Crippen LogP contribution in [0.25, 0.3) is 0 Å². The molecule has 0 spiro atoms. The normalized spacial score (nSPS) is 33.7. The van der Waals surface area contributed by atoms with Crippen LogP contribution in [0.15, 0.2) is 35.5 Å². The van der Waals surface area contributed by atoms with Crippen LogP contribution in [0.5, 0.6) is 0 Å². The Hall–Kier alpha value is -1.72. The van der Waals surface area contributed by atoms with Gasteiger partial charge in [-0.2, -0.15) is 0 Å². The highest BCUT2D eigenvalue weighted by molar-refractivity contribution is 6.08. The minimum Gasteiger partial charge on any atom is -0.462 e. The van der Waals surface area contributed by atoms with Crippen molar-refractivity contribution in [1.82, 2.24) is 0 Å². The molecule has 2 N–H and O–H groups in total. The number of rotatable bonds is 7. The minimum atomic E-state index is -1.18. The van der Waals surface area contributed by atoms with Gasteiger partial charge in [0.2, 0.25) is 0 Å². The van der Waals surface area contributed by atoms with Crippen molar-refractivity contribution in [2.45, 2.75) is 111 Å². The van der Waals surface area contributed by atoms with Gasteiger partial charge in [-0.3, -0.25) is 9.59 Å². The summed E-state index contributed by atoms with van der Waals surface area (Å²) >= 11 is 0. The molecule has 196 valence electrons. The van der Waals surface area contributed by atoms with Crippen LogP contribution >= 0.6 is 0 Å². The molecule has 0 amide bonds. The van der Waals surface area contributed by atoms with Crippen LogP contribution in [0.4, 0.5) is 0 Å². The highest BCUT2D eigenvalue weighted by Crippen LogP contribution is 2.59. The van der Waals surface area contributed by atoms with Crippen LogP contribution in [0.3, 0.4) is 0 Å². The van der Waals surface area contributed by atoms with Crippen LogP contribution < -0.4 is 0 Å². The van der Waals surface area contributed by atoms with E-state index >= 15 is 0 Å². The van der Waals surface area contributed by atoms with Crippen molar-refractivity contribution in [2.24, 2.45) is 28.6 Å². The fourth-order valence-electron chi connectivity index (χ4n) is 6.72. The zero-order valence-corrected chi connectivity index (χ0v) is 22.5. The number of carbonyl (C=O) groups is 2. The number of hydrogen-bond acceptors (Lipinski definition) is 5. The molecule has 0 aromatic heterocycles. The van der Waals surface area contributed by atoms with Gasteiger partial charge in [0.05, 0.1) is 18.3 Å². The average molecular weight is 487 g/mol. The summed E-state index contributed by atoms with van der Waals surface area (Å²) in [6.07, 6.45) is 14.4. The van der Waals surface area contributed by atoms with Crippen LogP contribution in [0.2, 0.25) is 0 Å². The Bertz CT molecular complexity index is 867. The summed E-state index contributed by atoms with van der Waals surface area (Å²) in [4.78, 5) is 25.3. The van der Waals surface area contributed by atoms with Gasteiger partial charge in [-0.05, 0) is 108 Å². The van der Waals surface area contributed by atoms with E-state index in [0.29, 0.717) is 31.1 Å². The van der Waals surface area contributed by atoms with E-state index in [-0.39, 0.29) is 23.2 Å². The zero-order valence-electron chi connectivity index (χ0n) is 22.5. The maximum absolute atomic E-state index is 12.9. The second-order valence-electron chi connectivity index (χ2n) is 12.3. The molecule has 3 aliphatic rings. The lowest BCUT2D eigenvalue weighted by Crippen LogP contribution is -2.36. The first kappa shape index (κ1) is 27.9. The molecule has 0 aromatic rings. The third kappa shape index (κ3) is 6.35. The summed E-state index contributed by atoms with van der Waals surface area (Å²) in [5, 5.41) is 20.0. The summed E-state index contributed by atoms with van der Waals surface area (Å²) in [6.45, 7) is 11.5. The third-order valence-electron chi connectivity index (χ3n) is 8.77. The van der Waals surface area contributed by atoms with Crippen molar-refractivity contribution < 1.29 is 24.5 Å². The molecule has 0 unspecified atom stereocenters. The number of carbonyl (C=O) groups excluding carboxylic acids is 2. The SMILES string of the molecule is CC(C)OC(=O)C(C)(C)C(=O)/C=C/[C@@H](C)[C@H]1CC[C@H]2/C(=C/C=C3C[C@@H](O)C[C@H](O)C3)CCC[C@]12C. The molecule has 5 heteroatoms. The molecule has 3 rings (SSSR count). The first-order valence-corrected chi connectivity index (χ1v) is 13.5. The lowest BCUT2D eigenvalue weighted by atomic mass is 9.61. The number of hydrogen-bond donors (Lipinski definition) is 2. The van der Waals surface area contributed by atoms with Gasteiger partial charge in [-0.25, -0.2) is 0 Å². The summed E-state index contributed by atoms with van der Waals surface area (Å²) in [6, 6.07) is 0. The molecule has 6 atom stereocenters. The first-order chi connectivity index (χ1) is 16.3. The molecule has 3 saturated carbocycles. The van der Waals surface area contributed by atoms with Gasteiger partial charge in [-0.15, -0.1) is 0 Å². The number of ether oxygens (including phenoxy) is 1. The summed E-state index contributed by atoms with van der Waals surface area (Å²) < 4.78 is 5.29. The van der Waals surface area contributed by atoms with Crippen LogP contribution in [-0.2, 0) is 14.3 Å². The van der Waals surface area contributed by atoms with Gasteiger partial charge < -0.3 is 14.9 Å². The van der Waals surface area contributed by atoms with E-state index in [1.807, 2.05) is 6.08 Å². The monoisotopic (exact) mass is 486 g/mol.